The lowest BCUT2D eigenvalue weighted by Crippen LogP contribution is -2.47. The highest BCUT2D eigenvalue weighted by Gasteiger charge is 2.36. The fourth-order valence-corrected chi connectivity index (χ4v) is 4.89. The fraction of sp³-hybridized carbons (Fsp3) is 0.444. The molecule has 5 rings (SSSR count). The minimum Gasteiger partial charge on any atom is -0.476 e. The number of hydrogen-bond donors (Lipinski definition) is 2. The number of nitrogens with zero attached hydrogens (tertiary/aromatic N) is 5. The van der Waals surface area contributed by atoms with Crippen LogP contribution >= 0.6 is 0 Å². The molecule has 200 valence electrons. The maximum absolute atomic E-state index is 13.0. The average molecular weight is 520 g/mol. The standard InChI is InChI=1S/C27H33N7O4/c1-16-12-19(6-7-20(16)32-36)30-25-29-13-18-8-9-33(15-21(18)31-25)22-14-28-24-23(17(22)2)34(10-11-37-24)26(35)38-27(3,4)5/h6-7,12-13,28H,8-11,14-15H2,1-5H3,(H,29,30,31). The number of nitrogens with one attached hydrogen (secondary N) is 2. The van der Waals surface area contributed by atoms with E-state index in [1.807, 2.05) is 46.9 Å². The molecule has 0 aliphatic carbocycles. The first kappa shape index (κ1) is 25.5. The lowest BCUT2D eigenvalue weighted by molar-refractivity contribution is 0.0190. The van der Waals surface area contributed by atoms with Crippen molar-refractivity contribution in [2.45, 2.75) is 53.2 Å². The number of aromatic nitrogens is 2. The van der Waals surface area contributed by atoms with Gasteiger partial charge in [-0.3, -0.25) is 4.90 Å². The molecule has 0 bridgehead atoms. The van der Waals surface area contributed by atoms with Gasteiger partial charge in [-0.25, -0.2) is 14.8 Å². The van der Waals surface area contributed by atoms with Gasteiger partial charge in [-0.15, -0.1) is 4.91 Å². The summed E-state index contributed by atoms with van der Waals surface area (Å²) in [6, 6.07) is 5.31. The second-order valence-corrected chi connectivity index (χ2v) is 10.6. The van der Waals surface area contributed by atoms with E-state index in [1.54, 1.807) is 17.0 Å². The number of carbonyl (C=O) groups excluding carboxylic acids is 1. The summed E-state index contributed by atoms with van der Waals surface area (Å²) in [4.78, 5) is 37.1. The maximum atomic E-state index is 13.0. The molecule has 38 heavy (non-hydrogen) atoms. The summed E-state index contributed by atoms with van der Waals surface area (Å²) in [6.07, 6.45) is 2.30. The summed E-state index contributed by atoms with van der Waals surface area (Å²) >= 11 is 0. The summed E-state index contributed by atoms with van der Waals surface area (Å²) in [5.41, 5.74) is 6.25. The molecule has 0 saturated heterocycles. The summed E-state index contributed by atoms with van der Waals surface area (Å²) < 4.78 is 11.5. The third-order valence-corrected chi connectivity index (χ3v) is 6.74. The quantitative estimate of drug-likeness (QED) is 0.558. The first-order chi connectivity index (χ1) is 18.1. The molecular formula is C27H33N7O4. The number of hydrogen-bond acceptors (Lipinski definition) is 10. The van der Waals surface area contributed by atoms with Crippen molar-refractivity contribution in [3.05, 3.63) is 69.0 Å². The van der Waals surface area contributed by atoms with Gasteiger partial charge in [0.05, 0.1) is 25.3 Å². The first-order valence-corrected chi connectivity index (χ1v) is 12.8. The molecule has 1 amide bonds. The summed E-state index contributed by atoms with van der Waals surface area (Å²) in [5.74, 6) is 1.10. The molecule has 0 radical (unpaired) electrons. The van der Waals surface area contributed by atoms with E-state index in [9.17, 15) is 9.70 Å². The van der Waals surface area contributed by atoms with Gasteiger partial charge in [0.2, 0.25) is 11.8 Å². The van der Waals surface area contributed by atoms with E-state index in [2.05, 4.69) is 25.7 Å². The Balaban J connectivity index is 1.37. The van der Waals surface area contributed by atoms with Crippen molar-refractivity contribution in [2.24, 2.45) is 5.18 Å². The van der Waals surface area contributed by atoms with E-state index in [0.29, 0.717) is 43.8 Å². The van der Waals surface area contributed by atoms with Gasteiger partial charge < -0.3 is 25.0 Å². The molecule has 11 nitrogen and oxygen atoms in total. The zero-order chi connectivity index (χ0) is 27.0. The molecule has 4 heterocycles. The van der Waals surface area contributed by atoms with Crippen LogP contribution in [0.4, 0.5) is 22.1 Å². The highest BCUT2D eigenvalue weighted by atomic mass is 16.6. The van der Waals surface area contributed by atoms with Crippen LogP contribution in [0.5, 0.6) is 0 Å². The molecule has 0 fully saturated rings. The Hall–Kier alpha value is -4.15. The van der Waals surface area contributed by atoms with Crippen molar-refractivity contribution in [1.29, 1.82) is 0 Å². The predicted molar refractivity (Wildman–Crippen MR) is 143 cm³/mol. The van der Waals surface area contributed by atoms with Gasteiger partial charge in [0, 0.05) is 24.1 Å². The molecule has 11 heteroatoms. The Kier molecular flexibility index (Phi) is 6.68. The number of amides is 1. The van der Waals surface area contributed by atoms with E-state index in [1.165, 1.54) is 0 Å². The zero-order valence-electron chi connectivity index (χ0n) is 22.4. The van der Waals surface area contributed by atoms with Crippen molar-refractivity contribution in [2.75, 3.05) is 31.6 Å². The Morgan fingerprint density at radius 3 is 2.79 bits per heavy atom. The fourth-order valence-electron chi connectivity index (χ4n) is 4.89. The average Bonchev–Trinajstić information content (AvgIpc) is 2.87. The summed E-state index contributed by atoms with van der Waals surface area (Å²) in [7, 11) is 0. The van der Waals surface area contributed by atoms with Gasteiger partial charge >= 0.3 is 6.09 Å². The zero-order valence-corrected chi connectivity index (χ0v) is 22.4. The van der Waals surface area contributed by atoms with Crippen LogP contribution in [-0.4, -0.2) is 57.7 Å². The van der Waals surface area contributed by atoms with Gasteiger partial charge in [-0.2, -0.15) is 0 Å². The smallest absolute Gasteiger partial charge is 0.415 e. The predicted octanol–water partition coefficient (Wildman–Crippen LogP) is 4.60. The monoisotopic (exact) mass is 519 g/mol. The van der Waals surface area contributed by atoms with Crippen molar-refractivity contribution in [1.82, 2.24) is 25.1 Å². The van der Waals surface area contributed by atoms with Crippen LogP contribution in [0.1, 0.15) is 44.5 Å². The normalized spacial score (nSPS) is 17.3. The Labute approximate surface area is 221 Å². The number of aryl methyl sites for hydroxylation is 1. The molecular weight excluding hydrogens is 486 g/mol. The minimum absolute atomic E-state index is 0.379. The minimum atomic E-state index is -0.590. The van der Waals surface area contributed by atoms with E-state index in [-0.39, 0.29) is 6.09 Å². The van der Waals surface area contributed by atoms with E-state index in [0.717, 1.165) is 52.4 Å². The van der Waals surface area contributed by atoms with E-state index < -0.39 is 5.60 Å². The third kappa shape index (κ3) is 5.13. The van der Waals surface area contributed by atoms with Crippen LogP contribution in [0, 0.1) is 11.8 Å². The van der Waals surface area contributed by atoms with Crippen LogP contribution in [0.15, 0.2) is 52.4 Å². The third-order valence-electron chi connectivity index (χ3n) is 6.74. The second kappa shape index (κ2) is 9.96. The first-order valence-electron chi connectivity index (χ1n) is 12.8. The molecule has 0 unspecified atom stereocenters. The molecule has 1 aromatic carbocycles. The van der Waals surface area contributed by atoms with Gasteiger partial charge in [0.15, 0.2) is 0 Å². The number of rotatable bonds is 4. The maximum Gasteiger partial charge on any atom is 0.415 e. The highest BCUT2D eigenvalue weighted by molar-refractivity contribution is 5.72. The molecule has 2 aromatic rings. The number of dihydropyridines is 1. The molecule has 0 saturated carbocycles. The number of benzene rings is 1. The Morgan fingerprint density at radius 2 is 2.05 bits per heavy atom. The van der Waals surface area contributed by atoms with Gasteiger partial charge in [-0.05, 0) is 81.1 Å². The SMILES string of the molecule is CC1=C(N2CCc3cnc(Nc4ccc(N=O)c(C)c4)nc3C2)CNC2=C1N(C(=O)OC(C)(C)C)CCO2. The molecule has 1 aromatic heterocycles. The van der Waals surface area contributed by atoms with Crippen LogP contribution in [0.2, 0.25) is 0 Å². The van der Waals surface area contributed by atoms with E-state index >= 15 is 0 Å². The van der Waals surface area contributed by atoms with Gasteiger partial charge in [-0.1, -0.05) is 0 Å². The van der Waals surface area contributed by atoms with Crippen LogP contribution < -0.4 is 10.6 Å². The topological polar surface area (TPSA) is 121 Å². The van der Waals surface area contributed by atoms with Crippen molar-refractivity contribution < 1.29 is 14.3 Å². The van der Waals surface area contributed by atoms with Crippen molar-refractivity contribution in [3.63, 3.8) is 0 Å². The van der Waals surface area contributed by atoms with Crippen molar-refractivity contribution >= 4 is 23.4 Å². The van der Waals surface area contributed by atoms with Crippen LogP contribution in [-0.2, 0) is 22.4 Å². The lowest BCUT2D eigenvalue weighted by Gasteiger charge is -2.40. The lowest BCUT2D eigenvalue weighted by atomic mass is 10.0. The molecule has 3 aliphatic heterocycles. The molecule has 0 atom stereocenters. The van der Waals surface area contributed by atoms with Gasteiger partial charge in [0.1, 0.15) is 23.6 Å². The Morgan fingerprint density at radius 1 is 1.24 bits per heavy atom. The largest absolute Gasteiger partial charge is 0.476 e. The number of nitroso groups, excluding NO2 is 1. The van der Waals surface area contributed by atoms with Crippen molar-refractivity contribution in [3.8, 4) is 0 Å². The highest BCUT2D eigenvalue weighted by Crippen LogP contribution is 2.33. The number of fused-ring (bicyclic) bond motifs is 1. The molecule has 3 aliphatic rings. The molecule has 0 spiro atoms. The number of anilines is 2. The second-order valence-electron chi connectivity index (χ2n) is 10.6. The Bertz CT molecular complexity index is 1350. The number of allylic oxidation sites excluding steroid dienone is 1. The van der Waals surface area contributed by atoms with Crippen LogP contribution in [0.3, 0.4) is 0 Å². The number of carbonyl (C=O) groups is 1. The van der Waals surface area contributed by atoms with Crippen LogP contribution in [0.25, 0.3) is 0 Å². The number of ether oxygens (including phenoxy) is 2. The summed E-state index contributed by atoms with van der Waals surface area (Å²) in [6.45, 7) is 12.3. The van der Waals surface area contributed by atoms with Gasteiger partial charge in [0.25, 0.3) is 0 Å². The summed E-state index contributed by atoms with van der Waals surface area (Å²) in [5, 5.41) is 9.62. The van der Waals surface area contributed by atoms with E-state index in [4.69, 9.17) is 14.5 Å². The molecule has 2 N–H and O–H groups in total.